The maximum atomic E-state index is 13.3. The summed E-state index contributed by atoms with van der Waals surface area (Å²) >= 11 is 0. The van der Waals surface area contributed by atoms with Gasteiger partial charge in [-0.2, -0.15) is 0 Å². The Morgan fingerprint density at radius 1 is 0.919 bits per heavy atom. The van der Waals surface area contributed by atoms with Crippen molar-refractivity contribution >= 4 is 23.4 Å². The van der Waals surface area contributed by atoms with Crippen LogP contribution in [0, 0.1) is 0 Å². The van der Waals surface area contributed by atoms with Crippen LogP contribution in [0.5, 0.6) is 11.5 Å². The minimum Gasteiger partial charge on any atom is -0.507 e. The maximum Gasteiger partial charge on any atom is 0.335 e. The van der Waals surface area contributed by atoms with E-state index in [2.05, 4.69) is 0 Å². The van der Waals surface area contributed by atoms with Gasteiger partial charge in [0.25, 0.3) is 11.7 Å². The molecule has 0 spiro atoms. The van der Waals surface area contributed by atoms with Gasteiger partial charge in [-0.1, -0.05) is 30.3 Å². The highest BCUT2D eigenvalue weighted by molar-refractivity contribution is 6.46. The number of likely N-dealkylation sites (tertiary alicyclic amines) is 1. The number of ether oxygens (including phenoxy) is 2. The SMILES string of the molecule is COc1ccccc1C1/C(=C(\O)c2ccc(OC(C)C)cc2)C(=O)C(=O)N1Cc1ccc(C(=O)O)cc1. The summed E-state index contributed by atoms with van der Waals surface area (Å²) in [6.45, 7) is 3.82. The zero-order valence-electron chi connectivity index (χ0n) is 20.7. The largest absolute Gasteiger partial charge is 0.507 e. The van der Waals surface area contributed by atoms with Crippen LogP contribution in [0.4, 0.5) is 0 Å². The molecule has 1 aliphatic rings. The Morgan fingerprint density at radius 3 is 2.14 bits per heavy atom. The third kappa shape index (κ3) is 5.18. The van der Waals surface area contributed by atoms with E-state index in [0.29, 0.717) is 28.2 Å². The number of para-hydroxylation sites is 1. The molecule has 1 heterocycles. The average Bonchev–Trinajstić information content (AvgIpc) is 3.13. The van der Waals surface area contributed by atoms with Crippen molar-refractivity contribution in [3.8, 4) is 11.5 Å². The van der Waals surface area contributed by atoms with Crippen molar-refractivity contribution < 1.29 is 34.1 Å². The summed E-state index contributed by atoms with van der Waals surface area (Å²) < 4.78 is 11.2. The minimum absolute atomic E-state index is 0.0190. The molecule has 1 fully saturated rings. The van der Waals surface area contributed by atoms with Crippen LogP contribution in [0.25, 0.3) is 5.76 Å². The number of amides is 1. The molecule has 0 bridgehead atoms. The molecule has 3 aromatic carbocycles. The number of carboxylic acids is 1. The fourth-order valence-corrected chi connectivity index (χ4v) is 4.33. The Hall–Kier alpha value is -4.59. The molecule has 1 unspecified atom stereocenters. The second kappa shape index (κ2) is 10.6. The molecule has 0 aliphatic carbocycles. The van der Waals surface area contributed by atoms with Gasteiger partial charge >= 0.3 is 5.97 Å². The first kappa shape index (κ1) is 25.5. The van der Waals surface area contributed by atoms with Crippen molar-refractivity contribution in [3.63, 3.8) is 0 Å². The molecule has 190 valence electrons. The Labute approximate surface area is 214 Å². The smallest absolute Gasteiger partial charge is 0.335 e. The summed E-state index contributed by atoms with van der Waals surface area (Å²) in [4.78, 5) is 39.2. The van der Waals surface area contributed by atoms with E-state index in [1.165, 1.54) is 24.1 Å². The number of aliphatic hydroxyl groups excluding tert-OH is 1. The van der Waals surface area contributed by atoms with Gasteiger partial charge in [0.15, 0.2) is 0 Å². The first-order chi connectivity index (χ1) is 17.7. The zero-order chi connectivity index (χ0) is 26.7. The van der Waals surface area contributed by atoms with Gasteiger partial charge in [0.1, 0.15) is 17.3 Å². The summed E-state index contributed by atoms with van der Waals surface area (Å²) in [5, 5.41) is 20.5. The number of aliphatic hydroxyl groups is 1. The summed E-state index contributed by atoms with van der Waals surface area (Å²) in [5.41, 5.74) is 1.57. The van der Waals surface area contributed by atoms with Crippen molar-refractivity contribution in [1.82, 2.24) is 4.90 Å². The monoisotopic (exact) mass is 501 g/mol. The molecule has 0 radical (unpaired) electrons. The van der Waals surface area contributed by atoms with E-state index < -0.39 is 23.7 Å². The molecule has 1 saturated heterocycles. The molecule has 1 atom stereocenters. The normalized spacial score (nSPS) is 16.8. The predicted molar refractivity (Wildman–Crippen MR) is 136 cm³/mol. The van der Waals surface area contributed by atoms with E-state index in [-0.39, 0.29) is 29.5 Å². The number of nitrogens with zero attached hydrogens (tertiary/aromatic N) is 1. The van der Waals surface area contributed by atoms with Crippen molar-refractivity contribution in [1.29, 1.82) is 0 Å². The lowest BCUT2D eigenvalue weighted by Gasteiger charge is -2.26. The van der Waals surface area contributed by atoms with E-state index in [4.69, 9.17) is 9.47 Å². The lowest BCUT2D eigenvalue weighted by atomic mass is 9.94. The summed E-state index contributed by atoms with van der Waals surface area (Å²) in [6.07, 6.45) is -0.0279. The molecule has 8 nitrogen and oxygen atoms in total. The van der Waals surface area contributed by atoms with E-state index in [1.54, 1.807) is 60.7 Å². The number of benzene rings is 3. The number of carbonyl (C=O) groups is 3. The topological polar surface area (TPSA) is 113 Å². The Morgan fingerprint density at radius 2 is 1.54 bits per heavy atom. The molecule has 0 aromatic heterocycles. The number of carbonyl (C=O) groups excluding carboxylic acids is 2. The fourth-order valence-electron chi connectivity index (χ4n) is 4.33. The van der Waals surface area contributed by atoms with Gasteiger partial charge in [-0.05, 0) is 61.9 Å². The number of rotatable bonds is 8. The van der Waals surface area contributed by atoms with Gasteiger partial charge in [-0.25, -0.2) is 4.79 Å². The van der Waals surface area contributed by atoms with Crippen molar-refractivity contribution in [3.05, 3.63) is 101 Å². The third-order valence-corrected chi connectivity index (χ3v) is 6.03. The highest BCUT2D eigenvalue weighted by Crippen LogP contribution is 2.43. The van der Waals surface area contributed by atoms with Gasteiger partial charge in [-0.3, -0.25) is 9.59 Å². The Kier molecular flexibility index (Phi) is 7.29. The van der Waals surface area contributed by atoms with Gasteiger partial charge < -0.3 is 24.6 Å². The minimum atomic E-state index is -1.06. The maximum absolute atomic E-state index is 13.3. The molecule has 1 amide bonds. The van der Waals surface area contributed by atoms with Gasteiger partial charge in [0, 0.05) is 17.7 Å². The van der Waals surface area contributed by atoms with Gasteiger partial charge in [-0.15, -0.1) is 0 Å². The van der Waals surface area contributed by atoms with Crippen LogP contribution in [-0.2, 0) is 16.1 Å². The Balaban J connectivity index is 1.81. The van der Waals surface area contributed by atoms with Crippen LogP contribution in [0.3, 0.4) is 0 Å². The molecule has 0 saturated carbocycles. The molecule has 1 aliphatic heterocycles. The summed E-state index contributed by atoms with van der Waals surface area (Å²) in [7, 11) is 1.49. The second-order valence-electron chi connectivity index (χ2n) is 8.86. The molecule has 37 heavy (non-hydrogen) atoms. The number of hydrogen-bond acceptors (Lipinski definition) is 6. The number of aromatic carboxylic acids is 1. The first-order valence-electron chi connectivity index (χ1n) is 11.7. The number of carboxylic acid groups (broad SMARTS) is 1. The molecular weight excluding hydrogens is 474 g/mol. The highest BCUT2D eigenvalue weighted by Gasteiger charge is 2.47. The van der Waals surface area contributed by atoms with Crippen LogP contribution in [0.1, 0.15) is 46.9 Å². The van der Waals surface area contributed by atoms with E-state index >= 15 is 0 Å². The molecule has 4 rings (SSSR count). The predicted octanol–water partition coefficient (Wildman–Crippen LogP) is 4.80. The van der Waals surface area contributed by atoms with Crippen molar-refractivity contribution in [2.45, 2.75) is 32.5 Å². The van der Waals surface area contributed by atoms with Crippen LogP contribution < -0.4 is 9.47 Å². The van der Waals surface area contributed by atoms with Crippen molar-refractivity contribution in [2.75, 3.05) is 7.11 Å². The van der Waals surface area contributed by atoms with Crippen LogP contribution >= 0.6 is 0 Å². The number of Topliss-reactive ketones (excluding diaryl/α,β-unsaturated/α-hetero) is 1. The number of hydrogen-bond donors (Lipinski definition) is 2. The summed E-state index contributed by atoms with van der Waals surface area (Å²) in [6, 6.07) is 18.8. The lowest BCUT2D eigenvalue weighted by Crippen LogP contribution is -2.29. The van der Waals surface area contributed by atoms with Crippen molar-refractivity contribution in [2.24, 2.45) is 0 Å². The first-order valence-corrected chi connectivity index (χ1v) is 11.7. The van der Waals surface area contributed by atoms with E-state index in [1.807, 2.05) is 13.8 Å². The van der Waals surface area contributed by atoms with Gasteiger partial charge in [0.05, 0.1) is 30.4 Å². The molecule has 2 N–H and O–H groups in total. The van der Waals surface area contributed by atoms with Crippen LogP contribution in [0.2, 0.25) is 0 Å². The zero-order valence-corrected chi connectivity index (χ0v) is 20.7. The fraction of sp³-hybridized carbons (Fsp3) is 0.207. The van der Waals surface area contributed by atoms with Crippen LogP contribution in [0.15, 0.2) is 78.4 Å². The average molecular weight is 502 g/mol. The molecule has 8 heteroatoms. The van der Waals surface area contributed by atoms with Gasteiger partial charge in [0.2, 0.25) is 0 Å². The highest BCUT2D eigenvalue weighted by atomic mass is 16.5. The second-order valence-corrected chi connectivity index (χ2v) is 8.86. The van der Waals surface area contributed by atoms with E-state index in [0.717, 1.165) is 0 Å². The van der Waals surface area contributed by atoms with Crippen LogP contribution in [-0.4, -0.2) is 46.0 Å². The van der Waals surface area contributed by atoms with E-state index in [9.17, 15) is 24.6 Å². The number of methoxy groups -OCH3 is 1. The lowest BCUT2D eigenvalue weighted by molar-refractivity contribution is -0.140. The third-order valence-electron chi connectivity index (χ3n) is 6.03. The number of ketones is 1. The standard InChI is InChI=1S/C29H27NO7/c1-17(2)37-21-14-12-19(13-15-21)26(31)24-25(22-6-4-5-7-23(22)36-3)30(28(33)27(24)32)16-18-8-10-20(11-9-18)29(34)35/h4-15,17,25,31H,16H2,1-3H3,(H,34,35)/b26-24+. The molecular formula is C29H27NO7. The summed E-state index contributed by atoms with van der Waals surface area (Å²) in [5.74, 6) is -1.91. The molecule has 3 aromatic rings. The quantitative estimate of drug-likeness (QED) is 0.259. The Bertz CT molecular complexity index is 1360.